The maximum Gasteiger partial charge on any atom is 0.306 e. The fourth-order valence-corrected chi connectivity index (χ4v) is 2.45. The lowest BCUT2D eigenvalue weighted by Crippen LogP contribution is -2.17. The smallest absolute Gasteiger partial charge is 0.306 e. The van der Waals surface area contributed by atoms with Gasteiger partial charge in [-0.15, -0.1) is 0 Å². The first-order chi connectivity index (χ1) is 9.72. The van der Waals surface area contributed by atoms with Crippen LogP contribution < -0.4 is 5.73 Å². The Morgan fingerprint density at radius 3 is 2.80 bits per heavy atom. The van der Waals surface area contributed by atoms with Gasteiger partial charge in [-0.3, -0.25) is 9.78 Å². The number of carboxylic acid groups (broad SMARTS) is 1. The minimum atomic E-state index is -0.741. The Morgan fingerprint density at radius 2 is 2.05 bits per heavy atom. The molecule has 2 aromatic rings. The van der Waals surface area contributed by atoms with Crippen molar-refractivity contribution >= 4 is 16.9 Å². The first-order valence-corrected chi connectivity index (χ1v) is 6.98. The van der Waals surface area contributed by atoms with E-state index in [4.69, 9.17) is 5.73 Å². The Morgan fingerprint density at radius 1 is 1.25 bits per heavy atom. The number of nitrogens with zero attached hydrogens (tertiary/aromatic N) is 1. The Balaban J connectivity index is 2.18. The predicted octanol–water partition coefficient (Wildman–Crippen LogP) is 2.61. The van der Waals surface area contributed by atoms with Gasteiger partial charge in [-0.1, -0.05) is 30.7 Å². The Kier molecular flexibility index (Phi) is 5.07. The Hall–Kier alpha value is -1.94. The Bertz CT molecular complexity index is 578. The molecule has 0 bridgehead atoms. The van der Waals surface area contributed by atoms with E-state index in [0.717, 1.165) is 29.3 Å². The van der Waals surface area contributed by atoms with Crippen molar-refractivity contribution in [3.63, 3.8) is 0 Å². The molecule has 0 aliphatic carbocycles. The van der Waals surface area contributed by atoms with Crippen molar-refractivity contribution in [2.45, 2.75) is 25.7 Å². The van der Waals surface area contributed by atoms with Crippen LogP contribution in [-0.2, 0) is 11.2 Å². The third-order valence-corrected chi connectivity index (χ3v) is 3.54. The van der Waals surface area contributed by atoms with Gasteiger partial charge < -0.3 is 10.8 Å². The van der Waals surface area contributed by atoms with Crippen LogP contribution in [0, 0.1) is 5.92 Å². The molecule has 1 heterocycles. The number of nitrogens with two attached hydrogens (primary N) is 1. The lowest BCUT2D eigenvalue weighted by atomic mass is 9.93. The first-order valence-electron chi connectivity index (χ1n) is 6.98. The van der Waals surface area contributed by atoms with Gasteiger partial charge in [-0.2, -0.15) is 0 Å². The number of pyridine rings is 1. The van der Waals surface area contributed by atoms with Gasteiger partial charge in [-0.05, 0) is 37.4 Å². The van der Waals surface area contributed by atoms with E-state index in [1.165, 1.54) is 0 Å². The van der Waals surface area contributed by atoms with E-state index < -0.39 is 5.97 Å². The van der Waals surface area contributed by atoms with Gasteiger partial charge in [0.05, 0.1) is 11.4 Å². The van der Waals surface area contributed by atoms with E-state index in [1.807, 2.05) is 30.3 Å². The van der Waals surface area contributed by atoms with Gasteiger partial charge in [0.15, 0.2) is 0 Å². The van der Waals surface area contributed by atoms with Crippen LogP contribution in [0.15, 0.2) is 36.5 Å². The van der Waals surface area contributed by atoms with Gasteiger partial charge >= 0.3 is 5.97 Å². The van der Waals surface area contributed by atoms with Crippen molar-refractivity contribution in [2.75, 3.05) is 6.54 Å². The molecule has 1 unspecified atom stereocenters. The van der Waals surface area contributed by atoms with Crippen LogP contribution in [0.5, 0.6) is 0 Å². The summed E-state index contributed by atoms with van der Waals surface area (Å²) in [5.41, 5.74) is 7.37. The van der Waals surface area contributed by atoms with Crippen molar-refractivity contribution in [3.05, 3.63) is 42.1 Å². The summed E-state index contributed by atoms with van der Waals surface area (Å²) < 4.78 is 0. The van der Waals surface area contributed by atoms with E-state index in [1.54, 1.807) is 6.20 Å². The molecule has 0 radical (unpaired) electrons. The third-order valence-electron chi connectivity index (χ3n) is 3.54. The van der Waals surface area contributed by atoms with Crippen LogP contribution in [0.1, 0.15) is 24.8 Å². The molecule has 1 atom stereocenters. The largest absolute Gasteiger partial charge is 0.481 e. The zero-order valence-corrected chi connectivity index (χ0v) is 11.5. The summed E-state index contributed by atoms with van der Waals surface area (Å²) in [6, 6.07) is 9.81. The van der Waals surface area contributed by atoms with Gasteiger partial charge in [0.1, 0.15) is 0 Å². The zero-order chi connectivity index (χ0) is 14.4. The zero-order valence-electron chi connectivity index (χ0n) is 11.5. The number of benzene rings is 1. The highest BCUT2D eigenvalue weighted by molar-refractivity contribution is 5.82. The molecule has 0 spiro atoms. The van der Waals surface area contributed by atoms with Crippen LogP contribution in [0.3, 0.4) is 0 Å². The number of carbonyl (C=O) groups is 1. The second kappa shape index (κ2) is 7.01. The third kappa shape index (κ3) is 3.54. The van der Waals surface area contributed by atoms with Crippen LogP contribution in [0.2, 0.25) is 0 Å². The van der Waals surface area contributed by atoms with Crippen LogP contribution in [0.4, 0.5) is 0 Å². The SMILES string of the molecule is NCCCCC(Cc1cccc2cccnc12)C(=O)O. The number of unbranched alkanes of at least 4 members (excludes halogenated alkanes) is 1. The van der Waals surface area contributed by atoms with Crippen molar-refractivity contribution in [3.8, 4) is 0 Å². The normalized spacial score (nSPS) is 12.4. The molecule has 4 nitrogen and oxygen atoms in total. The molecule has 0 saturated carbocycles. The van der Waals surface area contributed by atoms with Gasteiger partial charge in [-0.25, -0.2) is 0 Å². The van der Waals surface area contributed by atoms with Crippen LogP contribution in [0.25, 0.3) is 10.9 Å². The van der Waals surface area contributed by atoms with E-state index in [9.17, 15) is 9.90 Å². The second-order valence-electron chi connectivity index (χ2n) is 5.02. The summed E-state index contributed by atoms with van der Waals surface area (Å²) >= 11 is 0. The number of para-hydroxylation sites is 1. The number of carboxylic acids is 1. The maximum atomic E-state index is 11.4. The van der Waals surface area contributed by atoms with E-state index in [2.05, 4.69) is 4.98 Å². The highest BCUT2D eigenvalue weighted by atomic mass is 16.4. The summed E-state index contributed by atoms with van der Waals surface area (Å²) in [5.74, 6) is -1.11. The van der Waals surface area contributed by atoms with Crippen molar-refractivity contribution in [1.82, 2.24) is 4.98 Å². The summed E-state index contributed by atoms with van der Waals surface area (Å²) in [6.07, 6.45) is 4.66. The molecule has 4 heteroatoms. The lowest BCUT2D eigenvalue weighted by molar-refractivity contribution is -0.141. The van der Waals surface area contributed by atoms with Crippen LogP contribution >= 0.6 is 0 Å². The topological polar surface area (TPSA) is 76.2 Å². The molecule has 106 valence electrons. The average molecular weight is 272 g/mol. The second-order valence-corrected chi connectivity index (χ2v) is 5.02. The molecular formula is C16H20N2O2. The van der Waals surface area contributed by atoms with Gasteiger partial charge in [0.25, 0.3) is 0 Å². The lowest BCUT2D eigenvalue weighted by Gasteiger charge is -2.13. The van der Waals surface area contributed by atoms with E-state index in [-0.39, 0.29) is 5.92 Å². The summed E-state index contributed by atoms with van der Waals surface area (Å²) in [7, 11) is 0. The summed E-state index contributed by atoms with van der Waals surface area (Å²) in [5, 5.41) is 10.4. The fraction of sp³-hybridized carbons (Fsp3) is 0.375. The molecular weight excluding hydrogens is 252 g/mol. The predicted molar refractivity (Wildman–Crippen MR) is 79.5 cm³/mol. The molecule has 2 rings (SSSR count). The van der Waals surface area contributed by atoms with Crippen molar-refractivity contribution in [1.29, 1.82) is 0 Å². The van der Waals surface area contributed by atoms with Crippen LogP contribution in [-0.4, -0.2) is 22.6 Å². The Labute approximate surface area is 118 Å². The fourth-order valence-electron chi connectivity index (χ4n) is 2.45. The number of hydrogen-bond acceptors (Lipinski definition) is 3. The number of fused-ring (bicyclic) bond motifs is 1. The number of rotatable bonds is 7. The highest BCUT2D eigenvalue weighted by Crippen LogP contribution is 2.21. The number of hydrogen-bond donors (Lipinski definition) is 2. The highest BCUT2D eigenvalue weighted by Gasteiger charge is 2.18. The standard InChI is InChI=1S/C16H20N2O2/c17-9-2-1-5-14(16(19)20)11-13-7-3-6-12-8-4-10-18-15(12)13/h3-4,6-8,10,14H,1-2,5,9,11,17H2,(H,19,20). The number of aliphatic carboxylic acids is 1. The monoisotopic (exact) mass is 272 g/mol. The molecule has 20 heavy (non-hydrogen) atoms. The average Bonchev–Trinajstić information content (AvgIpc) is 2.46. The number of aromatic nitrogens is 1. The minimum absolute atomic E-state index is 0.367. The van der Waals surface area contributed by atoms with E-state index in [0.29, 0.717) is 19.4 Å². The first kappa shape index (κ1) is 14.5. The molecule has 3 N–H and O–H groups in total. The van der Waals surface area contributed by atoms with E-state index >= 15 is 0 Å². The maximum absolute atomic E-state index is 11.4. The summed E-state index contributed by atoms with van der Waals surface area (Å²) in [6.45, 7) is 0.613. The molecule has 0 fully saturated rings. The molecule has 1 aromatic heterocycles. The van der Waals surface area contributed by atoms with Gasteiger partial charge in [0.2, 0.25) is 0 Å². The van der Waals surface area contributed by atoms with Crippen molar-refractivity contribution in [2.24, 2.45) is 11.7 Å². The summed E-state index contributed by atoms with van der Waals surface area (Å²) in [4.78, 5) is 15.8. The van der Waals surface area contributed by atoms with Crippen molar-refractivity contribution < 1.29 is 9.90 Å². The molecule has 1 aromatic carbocycles. The minimum Gasteiger partial charge on any atom is -0.481 e. The quantitative estimate of drug-likeness (QED) is 0.760. The molecule has 0 aliphatic heterocycles. The molecule has 0 saturated heterocycles. The van der Waals surface area contributed by atoms with Gasteiger partial charge in [0, 0.05) is 11.6 Å². The molecule has 0 amide bonds. The molecule has 0 aliphatic rings.